The van der Waals surface area contributed by atoms with Crippen molar-refractivity contribution < 1.29 is 4.79 Å². The minimum atomic E-state index is -0.670. The lowest BCUT2D eigenvalue weighted by Gasteiger charge is -2.40. The van der Waals surface area contributed by atoms with Crippen molar-refractivity contribution in [1.82, 2.24) is 25.2 Å². The van der Waals surface area contributed by atoms with E-state index in [0.717, 1.165) is 57.3 Å². The Morgan fingerprint density at radius 2 is 2.03 bits per heavy atom. The van der Waals surface area contributed by atoms with E-state index in [-0.39, 0.29) is 11.8 Å². The topological polar surface area (TPSA) is 86.8 Å². The van der Waals surface area contributed by atoms with Gasteiger partial charge < -0.3 is 10.2 Å². The van der Waals surface area contributed by atoms with Crippen molar-refractivity contribution in [2.45, 2.75) is 63.5 Å². The molecule has 1 saturated carbocycles. The van der Waals surface area contributed by atoms with Crippen molar-refractivity contribution in [3.05, 3.63) is 34.3 Å². The number of likely N-dealkylation sites (tertiary alicyclic amines) is 1. The Kier molecular flexibility index (Phi) is 6.18. The fourth-order valence-electron chi connectivity index (χ4n) is 5.01. The minimum absolute atomic E-state index is 0.0776. The largest absolute Gasteiger partial charge is 0.341 e. The summed E-state index contributed by atoms with van der Waals surface area (Å²) in [5.74, 6) is 0.919. The number of nitrogens with zero attached hydrogens (tertiary/aromatic N) is 5. The molecule has 0 aromatic carbocycles. The van der Waals surface area contributed by atoms with Gasteiger partial charge in [0.15, 0.2) is 5.54 Å². The van der Waals surface area contributed by atoms with E-state index >= 15 is 0 Å². The number of nitrogens with one attached hydrogen (secondary N) is 1. The highest BCUT2D eigenvalue weighted by Crippen LogP contribution is 2.41. The maximum absolute atomic E-state index is 13.0. The highest BCUT2D eigenvalue weighted by molar-refractivity contribution is 7.08. The van der Waals surface area contributed by atoms with Crippen molar-refractivity contribution in [2.24, 2.45) is 11.8 Å². The molecule has 4 rings (SSSR count). The summed E-state index contributed by atoms with van der Waals surface area (Å²) in [6.45, 7) is 6.09. The Balaban J connectivity index is 1.65. The second-order valence-corrected chi connectivity index (χ2v) is 10.4. The fraction of sp³-hybridized carbons (Fsp3) is 0.652. The third-order valence-corrected chi connectivity index (χ3v) is 8.16. The van der Waals surface area contributed by atoms with Crippen LogP contribution >= 0.6 is 11.3 Å². The Hall–Kier alpha value is -2.24. The van der Waals surface area contributed by atoms with E-state index in [4.69, 9.17) is 0 Å². The molecule has 166 valence electrons. The van der Waals surface area contributed by atoms with Crippen LogP contribution in [0.1, 0.15) is 68.4 Å². The second kappa shape index (κ2) is 8.71. The molecule has 1 atom stereocenters. The Bertz CT molecular complexity index is 932. The van der Waals surface area contributed by atoms with E-state index in [0.29, 0.717) is 11.5 Å². The van der Waals surface area contributed by atoms with E-state index in [1.165, 1.54) is 11.3 Å². The van der Waals surface area contributed by atoms with Crippen LogP contribution in [0.5, 0.6) is 0 Å². The van der Waals surface area contributed by atoms with Gasteiger partial charge in [-0.2, -0.15) is 16.6 Å². The zero-order valence-electron chi connectivity index (χ0n) is 18.7. The Morgan fingerprint density at radius 1 is 1.32 bits per heavy atom. The molecular weight excluding hydrogens is 408 g/mol. The van der Waals surface area contributed by atoms with E-state index in [2.05, 4.69) is 47.5 Å². The number of amides is 1. The predicted molar refractivity (Wildman–Crippen MR) is 121 cm³/mol. The molecule has 0 radical (unpaired) electrons. The van der Waals surface area contributed by atoms with Crippen molar-refractivity contribution in [3.63, 3.8) is 0 Å². The lowest BCUT2D eigenvalue weighted by Crippen LogP contribution is -2.50. The van der Waals surface area contributed by atoms with Gasteiger partial charge in [-0.3, -0.25) is 4.79 Å². The summed E-state index contributed by atoms with van der Waals surface area (Å²) in [4.78, 5) is 15.3. The van der Waals surface area contributed by atoms with Crippen LogP contribution in [0.4, 0.5) is 0 Å². The standard InChI is InChI=1S/C23H32N6OS/c1-17-4-6-19(7-5-17)22(2,25-21(30)18-8-13-31-15-18)20-14-29(27-26-20)23(16-24)9-11-28(3)12-10-23/h8,13-15,17,19H,4-7,9-12H2,1-3H3,(H,25,30)/t17?,19?,22-/m0/s1. The van der Waals surface area contributed by atoms with Crippen LogP contribution in [-0.4, -0.2) is 45.9 Å². The van der Waals surface area contributed by atoms with Crippen molar-refractivity contribution in [3.8, 4) is 6.07 Å². The van der Waals surface area contributed by atoms with Gasteiger partial charge in [-0.1, -0.05) is 25.0 Å². The summed E-state index contributed by atoms with van der Waals surface area (Å²) in [6, 6.07) is 4.37. The van der Waals surface area contributed by atoms with Crippen LogP contribution in [0.3, 0.4) is 0 Å². The molecule has 1 amide bonds. The van der Waals surface area contributed by atoms with Crippen LogP contribution in [0.15, 0.2) is 23.0 Å². The first-order valence-electron chi connectivity index (χ1n) is 11.2. The van der Waals surface area contributed by atoms with Crippen LogP contribution < -0.4 is 5.32 Å². The summed E-state index contributed by atoms with van der Waals surface area (Å²) >= 11 is 1.52. The number of hydrogen-bond acceptors (Lipinski definition) is 6. The number of piperidine rings is 1. The van der Waals surface area contributed by atoms with Gasteiger partial charge in [0.1, 0.15) is 5.69 Å². The molecule has 8 heteroatoms. The maximum atomic E-state index is 13.0. The van der Waals surface area contributed by atoms with Crippen LogP contribution in [0, 0.1) is 23.2 Å². The van der Waals surface area contributed by atoms with Crippen molar-refractivity contribution >= 4 is 17.2 Å². The van der Waals surface area contributed by atoms with Gasteiger partial charge in [-0.25, -0.2) is 4.68 Å². The van der Waals surface area contributed by atoms with E-state index < -0.39 is 11.1 Å². The monoisotopic (exact) mass is 440 g/mol. The molecule has 2 aliphatic rings. The van der Waals surface area contributed by atoms with Gasteiger partial charge in [0.2, 0.25) is 0 Å². The van der Waals surface area contributed by atoms with Crippen LogP contribution in [-0.2, 0) is 11.1 Å². The van der Waals surface area contributed by atoms with Gasteiger partial charge in [0.25, 0.3) is 5.91 Å². The Morgan fingerprint density at radius 3 is 2.65 bits per heavy atom. The SMILES string of the molecule is CC1CCC([C@](C)(NC(=O)c2ccsc2)c2cn(C3(C#N)CCN(C)CC3)nn2)CC1. The molecular formula is C23H32N6OS. The van der Waals surface area contributed by atoms with Crippen LogP contribution in [0.25, 0.3) is 0 Å². The molecule has 0 bridgehead atoms. The summed E-state index contributed by atoms with van der Waals surface area (Å²) in [6.07, 6.45) is 7.75. The molecule has 1 aliphatic heterocycles. The maximum Gasteiger partial charge on any atom is 0.252 e. The number of carbonyl (C=O) groups excluding carboxylic acids is 1. The first-order valence-corrected chi connectivity index (χ1v) is 12.2. The van der Waals surface area contributed by atoms with Crippen molar-refractivity contribution in [2.75, 3.05) is 20.1 Å². The molecule has 0 spiro atoms. The molecule has 2 aromatic rings. The molecule has 7 nitrogen and oxygen atoms in total. The average Bonchev–Trinajstić information content (AvgIpc) is 3.48. The lowest BCUT2D eigenvalue weighted by atomic mass is 9.71. The highest BCUT2D eigenvalue weighted by atomic mass is 32.1. The smallest absolute Gasteiger partial charge is 0.252 e. The number of hydrogen-bond donors (Lipinski definition) is 1. The lowest BCUT2D eigenvalue weighted by molar-refractivity contribution is 0.0813. The number of thiophene rings is 1. The third kappa shape index (κ3) is 4.26. The first-order chi connectivity index (χ1) is 14.9. The average molecular weight is 441 g/mol. The molecule has 0 unspecified atom stereocenters. The van der Waals surface area contributed by atoms with Gasteiger partial charge >= 0.3 is 0 Å². The van der Waals surface area contributed by atoms with E-state index in [1.54, 1.807) is 4.68 Å². The summed E-state index contributed by atoms with van der Waals surface area (Å²) < 4.78 is 1.76. The van der Waals surface area contributed by atoms with E-state index in [9.17, 15) is 10.1 Å². The molecule has 31 heavy (non-hydrogen) atoms. The molecule has 1 N–H and O–H groups in total. The van der Waals surface area contributed by atoms with E-state index in [1.807, 2.05) is 23.0 Å². The zero-order valence-corrected chi connectivity index (χ0v) is 19.5. The van der Waals surface area contributed by atoms with Gasteiger partial charge in [0.05, 0.1) is 23.4 Å². The molecule has 1 aliphatic carbocycles. The molecule has 3 heterocycles. The molecule has 2 aromatic heterocycles. The van der Waals surface area contributed by atoms with Crippen molar-refractivity contribution in [1.29, 1.82) is 5.26 Å². The first kappa shape index (κ1) is 22.0. The number of aromatic nitrogens is 3. The predicted octanol–water partition coefficient (Wildman–Crippen LogP) is 3.76. The zero-order chi connectivity index (χ0) is 22.1. The second-order valence-electron chi connectivity index (χ2n) is 9.62. The highest BCUT2D eigenvalue weighted by Gasteiger charge is 2.43. The van der Waals surface area contributed by atoms with Gasteiger partial charge in [-0.15, -0.1) is 5.10 Å². The van der Waals surface area contributed by atoms with Gasteiger partial charge in [0, 0.05) is 18.5 Å². The van der Waals surface area contributed by atoms with Gasteiger partial charge in [-0.05, 0) is 62.9 Å². The number of carbonyl (C=O) groups is 1. The summed E-state index contributed by atoms with van der Waals surface area (Å²) in [5.41, 5.74) is 0.136. The summed E-state index contributed by atoms with van der Waals surface area (Å²) in [7, 11) is 2.08. The normalized spacial score (nSPS) is 26.0. The minimum Gasteiger partial charge on any atom is -0.341 e. The van der Waals surface area contributed by atoms with Crippen LogP contribution in [0.2, 0.25) is 0 Å². The Labute approximate surface area is 188 Å². The summed E-state index contributed by atoms with van der Waals surface area (Å²) in [5, 5.41) is 26.1. The third-order valence-electron chi connectivity index (χ3n) is 7.48. The quantitative estimate of drug-likeness (QED) is 0.765. The fourth-order valence-corrected chi connectivity index (χ4v) is 5.64. The number of nitriles is 1. The number of rotatable bonds is 5. The molecule has 2 fully saturated rings. The molecule has 1 saturated heterocycles.